The van der Waals surface area contributed by atoms with Gasteiger partial charge in [-0.3, -0.25) is 0 Å². The molecule has 1 aliphatic carbocycles. The smallest absolute Gasteiger partial charge is 0.123 e. The average Bonchev–Trinajstić information content (AvgIpc) is 2.41. The van der Waals surface area contributed by atoms with E-state index in [0.717, 1.165) is 19.4 Å². The second-order valence-electron chi connectivity index (χ2n) is 5.72. The number of hydrogen-bond donors (Lipinski definition) is 1. The first-order valence-electron chi connectivity index (χ1n) is 7.26. The van der Waals surface area contributed by atoms with E-state index in [1.165, 1.54) is 16.7 Å². The van der Waals surface area contributed by atoms with Crippen molar-refractivity contribution in [2.75, 3.05) is 0 Å². The molecule has 0 heterocycles. The minimum atomic E-state index is -0.151. The summed E-state index contributed by atoms with van der Waals surface area (Å²) in [6, 6.07) is 16.0. The van der Waals surface area contributed by atoms with E-state index in [1.807, 2.05) is 12.1 Å². The van der Waals surface area contributed by atoms with Crippen LogP contribution in [0.2, 0.25) is 0 Å². The van der Waals surface area contributed by atoms with Gasteiger partial charge in [-0.2, -0.15) is 0 Å². The highest BCUT2D eigenvalue weighted by Crippen LogP contribution is 2.37. The number of aryl methyl sites for hydroxylation is 1. The summed E-state index contributed by atoms with van der Waals surface area (Å²) in [5.74, 6) is 0.437. The van der Waals surface area contributed by atoms with Gasteiger partial charge >= 0.3 is 0 Å². The summed E-state index contributed by atoms with van der Waals surface area (Å²) in [7, 11) is 0. The van der Waals surface area contributed by atoms with Gasteiger partial charge in [0.25, 0.3) is 0 Å². The van der Waals surface area contributed by atoms with Crippen molar-refractivity contribution in [3.63, 3.8) is 0 Å². The highest BCUT2D eigenvalue weighted by molar-refractivity contribution is 5.26. The lowest BCUT2D eigenvalue weighted by molar-refractivity contribution is 0.289. The predicted octanol–water partition coefficient (Wildman–Crippen LogP) is 4.17. The molecule has 1 nitrogen and oxygen atoms in total. The maximum atomic E-state index is 12.9. The Morgan fingerprint density at radius 2 is 1.75 bits per heavy atom. The lowest BCUT2D eigenvalue weighted by Gasteiger charge is -2.36. The molecule has 2 aromatic rings. The largest absolute Gasteiger partial charge is 0.310 e. The predicted molar refractivity (Wildman–Crippen MR) is 80.2 cm³/mol. The van der Waals surface area contributed by atoms with Gasteiger partial charge in [-0.15, -0.1) is 0 Å². The molecule has 1 N–H and O–H groups in total. The van der Waals surface area contributed by atoms with Crippen LogP contribution in [0.5, 0.6) is 0 Å². The van der Waals surface area contributed by atoms with Gasteiger partial charge in [0, 0.05) is 12.6 Å². The standard InChI is InChI=1S/C18H20FN/c1-13-4-2-3-5-15(13)12-20-18-10-16(11-18)14-6-8-17(19)9-7-14/h2-9,16,18,20H,10-12H2,1H3. The van der Waals surface area contributed by atoms with E-state index in [-0.39, 0.29) is 5.82 Å². The van der Waals surface area contributed by atoms with Crippen LogP contribution in [-0.2, 0) is 6.54 Å². The second-order valence-corrected chi connectivity index (χ2v) is 5.72. The fourth-order valence-electron chi connectivity index (χ4n) is 2.85. The minimum absolute atomic E-state index is 0.151. The molecule has 0 atom stereocenters. The third-order valence-corrected chi connectivity index (χ3v) is 4.32. The van der Waals surface area contributed by atoms with E-state index in [9.17, 15) is 4.39 Å². The normalized spacial score (nSPS) is 21.5. The van der Waals surface area contributed by atoms with Gasteiger partial charge in [-0.1, -0.05) is 36.4 Å². The van der Waals surface area contributed by atoms with Crippen LogP contribution in [-0.4, -0.2) is 6.04 Å². The zero-order valence-corrected chi connectivity index (χ0v) is 11.8. The first-order valence-corrected chi connectivity index (χ1v) is 7.26. The monoisotopic (exact) mass is 269 g/mol. The molecule has 0 saturated heterocycles. The third kappa shape index (κ3) is 2.91. The summed E-state index contributed by atoms with van der Waals surface area (Å²) < 4.78 is 12.9. The van der Waals surface area contributed by atoms with Gasteiger partial charge in [0.2, 0.25) is 0 Å². The van der Waals surface area contributed by atoms with E-state index >= 15 is 0 Å². The molecule has 0 aliphatic heterocycles. The molecular weight excluding hydrogens is 249 g/mol. The van der Waals surface area contributed by atoms with Gasteiger partial charge in [-0.25, -0.2) is 4.39 Å². The van der Waals surface area contributed by atoms with Crippen molar-refractivity contribution in [3.8, 4) is 0 Å². The molecule has 1 aliphatic rings. The molecule has 0 amide bonds. The van der Waals surface area contributed by atoms with E-state index in [1.54, 1.807) is 12.1 Å². The Hall–Kier alpha value is -1.67. The Morgan fingerprint density at radius 1 is 1.05 bits per heavy atom. The number of hydrogen-bond acceptors (Lipinski definition) is 1. The van der Waals surface area contributed by atoms with Crippen molar-refractivity contribution in [3.05, 3.63) is 71.0 Å². The molecule has 3 rings (SSSR count). The lowest BCUT2D eigenvalue weighted by atomic mass is 9.76. The Kier molecular flexibility index (Phi) is 3.83. The zero-order chi connectivity index (χ0) is 13.9. The number of benzene rings is 2. The van der Waals surface area contributed by atoms with Crippen LogP contribution in [0.1, 0.15) is 35.4 Å². The van der Waals surface area contributed by atoms with Gasteiger partial charge in [0.15, 0.2) is 0 Å². The van der Waals surface area contributed by atoms with E-state index < -0.39 is 0 Å². The summed E-state index contributed by atoms with van der Waals surface area (Å²) in [4.78, 5) is 0. The maximum Gasteiger partial charge on any atom is 0.123 e. The van der Waals surface area contributed by atoms with Crippen LogP contribution in [0.25, 0.3) is 0 Å². The van der Waals surface area contributed by atoms with Crippen molar-refractivity contribution in [1.82, 2.24) is 5.32 Å². The fourth-order valence-corrected chi connectivity index (χ4v) is 2.85. The Bertz CT molecular complexity index is 570. The lowest BCUT2D eigenvalue weighted by Crippen LogP contribution is -2.39. The Labute approximate surface area is 119 Å². The van der Waals surface area contributed by atoms with Crippen molar-refractivity contribution in [2.45, 2.75) is 38.3 Å². The van der Waals surface area contributed by atoms with Crippen molar-refractivity contribution < 1.29 is 4.39 Å². The highest BCUT2D eigenvalue weighted by atomic mass is 19.1. The summed E-state index contributed by atoms with van der Waals surface area (Å²) in [5.41, 5.74) is 3.98. The molecule has 1 saturated carbocycles. The van der Waals surface area contributed by atoms with Crippen LogP contribution in [0.3, 0.4) is 0 Å². The van der Waals surface area contributed by atoms with Crippen LogP contribution < -0.4 is 5.32 Å². The number of nitrogens with one attached hydrogen (secondary N) is 1. The molecule has 2 aromatic carbocycles. The first-order chi connectivity index (χ1) is 9.72. The SMILES string of the molecule is Cc1ccccc1CNC1CC(c2ccc(F)cc2)C1. The number of halogens is 1. The van der Waals surface area contributed by atoms with Gasteiger partial charge in [0.05, 0.1) is 0 Å². The van der Waals surface area contributed by atoms with E-state index in [0.29, 0.717) is 12.0 Å². The Morgan fingerprint density at radius 3 is 2.45 bits per heavy atom. The molecule has 1 fully saturated rings. The quantitative estimate of drug-likeness (QED) is 0.878. The molecule has 0 spiro atoms. The van der Waals surface area contributed by atoms with E-state index in [2.05, 4.69) is 36.5 Å². The van der Waals surface area contributed by atoms with Gasteiger partial charge in [-0.05, 0) is 54.5 Å². The molecule has 0 aromatic heterocycles. The first kappa shape index (κ1) is 13.3. The van der Waals surface area contributed by atoms with E-state index in [4.69, 9.17) is 0 Å². The van der Waals surface area contributed by atoms with Gasteiger partial charge in [0.1, 0.15) is 5.82 Å². The van der Waals surface area contributed by atoms with Crippen LogP contribution in [0, 0.1) is 12.7 Å². The van der Waals surface area contributed by atoms with Crippen molar-refractivity contribution >= 4 is 0 Å². The topological polar surface area (TPSA) is 12.0 Å². The molecular formula is C18H20FN. The van der Waals surface area contributed by atoms with Crippen LogP contribution >= 0.6 is 0 Å². The molecule has 0 bridgehead atoms. The third-order valence-electron chi connectivity index (χ3n) is 4.32. The number of rotatable bonds is 4. The maximum absolute atomic E-state index is 12.9. The van der Waals surface area contributed by atoms with Crippen molar-refractivity contribution in [2.24, 2.45) is 0 Å². The molecule has 2 heteroatoms. The van der Waals surface area contributed by atoms with Crippen LogP contribution in [0.15, 0.2) is 48.5 Å². The highest BCUT2D eigenvalue weighted by Gasteiger charge is 2.29. The summed E-state index contributed by atoms with van der Waals surface area (Å²) in [6.45, 7) is 3.09. The molecule has 0 unspecified atom stereocenters. The molecule has 0 radical (unpaired) electrons. The summed E-state index contributed by atoms with van der Waals surface area (Å²) in [6.07, 6.45) is 2.30. The van der Waals surface area contributed by atoms with Gasteiger partial charge < -0.3 is 5.32 Å². The summed E-state index contributed by atoms with van der Waals surface area (Å²) >= 11 is 0. The average molecular weight is 269 g/mol. The second kappa shape index (κ2) is 5.76. The summed E-state index contributed by atoms with van der Waals surface area (Å²) in [5, 5.41) is 3.61. The van der Waals surface area contributed by atoms with Crippen molar-refractivity contribution in [1.29, 1.82) is 0 Å². The minimum Gasteiger partial charge on any atom is -0.310 e. The van der Waals surface area contributed by atoms with Crippen LogP contribution in [0.4, 0.5) is 4.39 Å². The Balaban J connectivity index is 1.49. The molecule has 20 heavy (non-hydrogen) atoms. The fraction of sp³-hybridized carbons (Fsp3) is 0.333. The molecule has 104 valence electrons. The zero-order valence-electron chi connectivity index (χ0n) is 11.8.